The molecule has 0 bridgehead atoms. The Bertz CT molecular complexity index is 1150. The second kappa shape index (κ2) is 9.54. The molecule has 5 rings (SSSR count). The minimum atomic E-state index is -2.33. The predicted molar refractivity (Wildman–Crippen MR) is 122 cm³/mol. The largest absolute Gasteiger partial charge is 0.454 e. The molecule has 3 aromatic rings. The van der Waals surface area contributed by atoms with E-state index < -0.39 is 25.1 Å². The summed E-state index contributed by atoms with van der Waals surface area (Å²) in [6.07, 6.45) is -2.98. The molecule has 160 valence electrons. The predicted octanol–water partition coefficient (Wildman–Crippen LogP) is 5.23. The van der Waals surface area contributed by atoms with Crippen LogP contribution in [0.4, 0.5) is 0 Å². The number of ether oxygens (including phenoxy) is 3. The Labute approximate surface area is 191 Å². The van der Waals surface area contributed by atoms with Crippen LogP contribution in [0.1, 0.15) is 42.5 Å². The van der Waals surface area contributed by atoms with Gasteiger partial charge in [-0.2, -0.15) is 0 Å². The van der Waals surface area contributed by atoms with Crippen LogP contribution in [0.25, 0.3) is 0 Å². The first-order chi connectivity index (χ1) is 17.2. The van der Waals surface area contributed by atoms with Gasteiger partial charge < -0.3 is 19.1 Å². The third-order valence-electron chi connectivity index (χ3n) is 5.47. The third-order valence-corrected chi connectivity index (χ3v) is 5.47. The Morgan fingerprint density at radius 1 is 0.968 bits per heavy atom. The van der Waals surface area contributed by atoms with Gasteiger partial charge in [-0.15, -0.1) is 0 Å². The first-order valence-electron chi connectivity index (χ1n) is 13.2. The minimum absolute atomic E-state index is 0.0670. The average Bonchev–Trinajstić information content (AvgIpc) is 3.38. The lowest BCUT2D eigenvalue weighted by Crippen LogP contribution is -2.41. The number of piperidine rings is 1. The highest BCUT2D eigenvalue weighted by Crippen LogP contribution is 2.33. The zero-order valence-electron chi connectivity index (χ0n) is 22.3. The number of benzene rings is 3. The zero-order chi connectivity index (χ0) is 25.4. The van der Waals surface area contributed by atoms with E-state index in [1.807, 2.05) is 60.7 Å². The molecular formula is C27H29NO3. The second-order valence-electron chi connectivity index (χ2n) is 7.69. The van der Waals surface area contributed by atoms with Crippen molar-refractivity contribution in [1.29, 1.82) is 0 Å². The van der Waals surface area contributed by atoms with E-state index in [9.17, 15) is 1.37 Å². The minimum Gasteiger partial charge on any atom is -0.454 e. The van der Waals surface area contributed by atoms with Gasteiger partial charge in [0.1, 0.15) is 6.08 Å². The Kier molecular flexibility index (Phi) is 4.64. The monoisotopic (exact) mass is 420 g/mol. The van der Waals surface area contributed by atoms with Gasteiger partial charge in [-0.25, -0.2) is 0 Å². The Balaban J connectivity index is 1.40. The molecule has 0 radical (unpaired) electrons. The van der Waals surface area contributed by atoms with Crippen LogP contribution in [-0.4, -0.2) is 37.4 Å². The normalized spacial score (nSPS) is 22.1. The summed E-state index contributed by atoms with van der Waals surface area (Å²) in [5.74, 6) is 0.937. The zero-order valence-corrected chi connectivity index (χ0v) is 17.3. The van der Waals surface area contributed by atoms with Crippen LogP contribution in [0.3, 0.4) is 0 Å². The standard InChI is InChI=1S/C27H29NO3/c1-3-8-22(9-4-1)27(23-10-5-2-6-11-23)31-24-12-7-16-28(19-24)17-15-21-13-14-25-26(18-21)30-20-29-25/h1-6,8-11,13-14,18,24,27H,7,12,15-17,19-20H2/t24-/m1/s1/i15D2,17D2,27D. The van der Waals surface area contributed by atoms with Crippen molar-refractivity contribution in [2.75, 3.05) is 26.4 Å². The van der Waals surface area contributed by atoms with E-state index in [1.54, 1.807) is 12.1 Å². The fraction of sp³-hybridized carbons (Fsp3) is 0.333. The van der Waals surface area contributed by atoms with Crippen LogP contribution in [-0.2, 0) is 11.1 Å². The summed E-state index contributed by atoms with van der Waals surface area (Å²) in [6, 6.07) is 23.4. The summed E-state index contributed by atoms with van der Waals surface area (Å²) in [6.45, 7) is -1.71. The molecule has 0 saturated carbocycles. The summed E-state index contributed by atoms with van der Waals surface area (Å²) in [5, 5.41) is 0. The highest BCUT2D eigenvalue weighted by molar-refractivity contribution is 5.44. The van der Waals surface area contributed by atoms with E-state index in [-0.39, 0.29) is 18.9 Å². The summed E-state index contributed by atoms with van der Waals surface area (Å²) in [4.78, 5) is 1.50. The Morgan fingerprint density at radius 3 is 2.42 bits per heavy atom. The number of fused-ring (bicyclic) bond motifs is 1. The summed E-state index contributed by atoms with van der Waals surface area (Å²) < 4.78 is 61.7. The number of hydrogen-bond donors (Lipinski definition) is 0. The second-order valence-corrected chi connectivity index (χ2v) is 7.69. The molecular weight excluding hydrogens is 386 g/mol. The number of nitrogens with zero attached hydrogens (tertiary/aromatic N) is 1. The summed E-state index contributed by atoms with van der Waals surface area (Å²) in [7, 11) is 0. The van der Waals surface area contributed by atoms with E-state index in [4.69, 9.17) is 19.7 Å². The number of hydrogen-bond acceptors (Lipinski definition) is 4. The molecule has 4 nitrogen and oxygen atoms in total. The molecule has 0 unspecified atom stereocenters. The molecule has 2 heterocycles. The number of likely N-dealkylation sites (tertiary alicyclic amines) is 1. The van der Waals surface area contributed by atoms with Crippen LogP contribution in [0.15, 0.2) is 78.9 Å². The molecule has 0 spiro atoms. The van der Waals surface area contributed by atoms with Gasteiger partial charge >= 0.3 is 0 Å². The highest BCUT2D eigenvalue weighted by atomic mass is 16.7. The quantitative estimate of drug-likeness (QED) is 0.524. The molecule has 0 aliphatic carbocycles. The fourth-order valence-corrected chi connectivity index (χ4v) is 3.90. The molecule has 4 heteroatoms. The van der Waals surface area contributed by atoms with Crippen molar-refractivity contribution in [3.8, 4) is 11.5 Å². The molecule has 1 atom stereocenters. The van der Waals surface area contributed by atoms with Crippen molar-refractivity contribution in [2.24, 2.45) is 0 Å². The highest BCUT2D eigenvalue weighted by Gasteiger charge is 2.25. The van der Waals surface area contributed by atoms with Crippen molar-refractivity contribution in [3.63, 3.8) is 0 Å². The van der Waals surface area contributed by atoms with Crippen LogP contribution in [0.2, 0.25) is 0 Å². The lowest BCUT2D eigenvalue weighted by Gasteiger charge is -2.35. The van der Waals surface area contributed by atoms with Gasteiger partial charge in [0.15, 0.2) is 11.5 Å². The van der Waals surface area contributed by atoms with Gasteiger partial charge in [-0.3, -0.25) is 0 Å². The van der Waals surface area contributed by atoms with E-state index in [1.165, 1.54) is 11.0 Å². The van der Waals surface area contributed by atoms with Crippen LogP contribution in [0, 0.1) is 0 Å². The number of rotatable bonds is 7. The van der Waals surface area contributed by atoms with Gasteiger partial charge in [0.25, 0.3) is 0 Å². The maximum atomic E-state index is 9.35. The molecule has 0 amide bonds. The molecule has 3 aromatic carbocycles. The van der Waals surface area contributed by atoms with Gasteiger partial charge in [-0.05, 0) is 54.6 Å². The van der Waals surface area contributed by atoms with E-state index in [0.717, 1.165) is 0 Å². The maximum absolute atomic E-state index is 9.35. The maximum Gasteiger partial charge on any atom is 0.231 e. The SMILES string of the molecule is [2H]C(O[C@@H]1CCCN(C([2H])([2H])C([2H])([2H])c2ccc3c(c2)OCO3)C1)(c1ccccc1)c1ccccc1. The van der Waals surface area contributed by atoms with Gasteiger partial charge in [0.05, 0.1) is 7.47 Å². The van der Waals surface area contributed by atoms with Crippen molar-refractivity contribution in [2.45, 2.75) is 31.4 Å². The smallest absolute Gasteiger partial charge is 0.231 e. The summed E-state index contributed by atoms with van der Waals surface area (Å²) >= 11 is 0. The first-order valence-corrected chi connectivity index (χ1v) is 10.7. The molecule has 1 saturated heterocycles. The molecule has 31 heavy (non-hydrogen) atoms. The van der Waals surface area contributed by atoms with Crippen LogP contribution < -0.4 is 9.47 Å². The molecule has 0 aromatic heterocycles. The molecule has 2 aliphatic rings. The first kappa shape index (κ1) is 15.1. The lowest BCUT2D eigenvalue weighted by molar-refractivity contribution is -0.0330. The van der Waals surface area contributed by atoms with Crippen molar-refractivity contribution in [3.05, 3.63) is 95.6 Å². The molecule has 2 aliphatic heterocycles. The van der Waals surface area contributed by atoms with Crippen molar-refractivity contribution >= 4 is 0 Å². The third kappa shape index (κ3) is 4.92. The topological polar surface area (TPSA) is 30.9 Å². The van der Waals surface area contributed by atoms with Gasteiger partial charge in [-0.1, -0.05) is 66.7 Å². The number of aryl methyl sites for hydroxylation is 1. The van der Waals surface area contributed by atoms with Gasteiger partial charge in [0, 0.05) is 18.5 Å². The van der Waals surface area contributed by atoms with E-state index in [0.29, 0.717) is 42.0 Å². The fourth-order valence-electron chi connectivity index (χ4n) is 3.90. The molecule has 0 N–H and O–H groups in total. The van der Waals surface area contributed by atoms with Crippen LogP contribution in [0.5, 0.6) is 11.5 Å². The summed E-state index contributed by atoms with van der Waals surface area (Å²) in [5.41, 5.74) is 1.56. The van der Waals surface area contributed by atoms with Crippen molar-refractivity contribution in [1.82, 2.24) is 4.90 Å². The molecule has 1 fully saturated rings. The van der Waals surface area contributed by atoms with Crippen LogP contribution >= 0.6 is 0 Å². The Morgan fingerprint density at radius 2 is 1.68 bits per heavy atom. The average molecular weight is 421 g/mol. The van der Waals surface area contributed by atoms with Crippen molar-refractivity contribution < 1.29 is 21.1 Å². The Hall–Kier alpha value is -2.82. The van der Waals surface area contributed by atoms with E-state index >= 15 is 0 Å². The van der Waals surface area contributed by atoms with E-state index in [2.05, 4.69) is 0 Å². The lowest BCUT2D eigenvalue weighted by atomic mass is 10.00. The van der Waals surface area contributed by atoms with Gasteiger partial charge in [0.2, 0.25) is 6.79 Å².